The Morgan fingerprint density at radius 2 is 1.90 bits per heavy atom. The number of carbonyl (C=O) groups excluding carboxylic acids is 2. The van der Waals surface area contributed by atoms with Crippen LogP contribution in [0.5, 0.6) is 0 Å². The molecule has 4 nitrogen and oxygen atoms in total. The molecule has 1 aromatic rings. The van der Waals surface area contributed by atoms with E-state index in [4.69, 9.17) is 0 Å². The molecule has 1 aromatic carbocycles. The van der Waals surface area contributed by atoms with Crippen LogP contribution in [0.3, 0.4) is 0 Å². The fourth-order valence-corrected chi connectivity index (χ4v) is 2.64. The summed E-state index contributed by atoms with van der Waals surface area (Å²) >= 11 is 0. The molecule has 1 aliphatic heterocycles. The Hall–Kier alpha value is -1.84. The third kappa shape index (κ3) is 3.63. The summed E-state index contributed by atoms with van der Waals surface area (Å²) in [6.45, 7) is 6.51. The maximum atomic E-state index is 12.7. The Bertz CT molecular complexity index is 508. The van der Waals surface area contributed by atoms with Crippen LogP contribution in [0.15, 0.2) is 24.3 Å². The minimum Gasteiger partial charge on any atom is -0.344 e. The van der Waals surface area contributed by atoms with E-state index < -0.39 is 6.04 Å². The van der Waals surface area contributed by atoms with Crippen LogP contribution < -0.4 is 10.2 Å². The molecule has 21 heavy (non-hydrogen) atoms. The standard InChI is InChI=1S/C17H24N2O2/c1-4-5-13-6-8-14(9-7-13)19-11-10-15(20)18-16(12(2)3)17(19)21/h6-9,12,16H,4-5,10-11H2,1-3H3,(H,18,20). The molecule has 1 saturated heterocycles. The lowest BCUT2D eigenvalue weighted by atomic mass is 10.0. The van der Waals surface area contributed by atoms with Gasteiger partial charge in [-0.05, 0) is 30.0 Å². The van der Waals surface area contributed by atoms with Crippen LogP contribution in [0, 0.1) is 5.92 Å². The average Bonchev–Trinajstić information content (AvgIpc) is 2.60. The molecule has 0 saturated carbocycles. The van der Waals surface area contributed by atoms with Crippen molar-refractivity contribution in [2.75, 3.05) is 11.4 Å². The molecular weight excluding hydrogens is 264 g/mol. The molecule has 2 amide bonds. The van der Waals surface area contributed by atoms with Crippen molar-refractivity contribution in [1.29, 1.82) is 0 Å². The van der Waals surface area contributed by atoms with E-state index in [-0.39, 0.29) is 17.7 Å². The Labute approximate surface area is 126 Å². The average molecular weight is 288 g/mol. The topological polar surface area (TPSA) is 49.4 Å². The molecule has 0 bridgehead atoms. The van der Waals surface area contributed by atoms with Crippen LogP contribution in [-0.2, 0) is 16.0 Å². The number of hydrogen-bond acceptors (Lipinski definition) is 2. The van der Waals surface area contributed by atoms with E-state index >= 15 is 0 Å². The molecule has 114 valence electrons. The van der Waals surface area contributed by atoms with Crippen LogP contribution in [0.1, 0.15) is 39.2 Å². The zero-order valence-electron chi connectivity index (χ0n) is 13.1. The van der Waals surface area contributed by atoms with E-state index in [2.05, 4.69) is 24.4 Å². The second kappa shape index (κ2) is 6.74. The quantitative estimate of drug-likeness (QED) is 0.925. The molecule has 4 heteroatoms. The van der Waals surface area contributed by atoms with Crippen molar-refractivity contribution in [2.45, 2.75) is 46.1 Å². The highest BCUT2D eigenvalue weighted by molar-refractivity contribution is 6.01. The molecule has 1 fully saturated rings. The van der Waals surface area contributed by atoms with Crippen LogP contribution in [-0.4, -0.2) is 24.4 Å². The molecule has 0 aromatic heterocycles. The summed E-state index contributed by atoms with van der Waals surface area (Å²) in [5, 5.41) is 2.83. The van der Waals surface area contributed by atoms with Gasteiger partial charge in [0.05, 0.1) is 0 Å². The molecule has 1 heterocycles. The molecule has 0 aliphatic carbocycles. The fraction of sp³-hybridized carbons (Fsp3) is 0.529. The second-order valence-corrected chi connectivity index (χ2v) is 5.95. The first-order valence-corrected chi connectivity index (χ1v) is 7.72. The summed E-state index contributed by atoms with van der Waals surface area (Å²) in [5.41, 5.74) is 2.15. The first kappa shape index (κ1) is 15.5. The van der Waals surface area contributed by atoms with Gasteiger partial charge < -0.3 is 10.2 Å². The Morgan fingerprint density at radius 1 is 1.24 bits per heavy atom. The van der Waals surface area contributed by atoms with Crippen molar-refractivity contribution in [3.05, 3.63) is 29.8 Å². The lowest BCUT2D eigenvalue weighted by Crippen LogP contribution is -2.47. The van der Waals surface area contributed by atoms with E-state index in [1.165, 1.54) is 5.56 Å². The first-order chi connectivity index (χ1) is 10.0. The molecule has 1 N–H and O–H groups in total. The summed E-state index contributed by atoms with van der Waals surface area (Å²) < 4.78 is 0. The number of nitrogens with zero attached hydrogens (tertiary/aromatic N) is 1. The third-order valence-electron chi connectivity index (χ3n) is 3.86. The largest absolute Gasteiger partial charge is 0.344 e. The maximum absolute atomic E-state index is 12.7. The van der Waals surface area contributed by atoms with Gasteiger partial charge >= 0.3 is 0 Å². The van der Waals surface area contributed by atoms with Crippen molar-refractivity contribution < 1.29 is 9.59 Å². The second-order valence-electron chi connectivity index (χ2n) is 5.95. The molecular formula is C17H24N2O2. The summed E-state index contributed by atoms with van der Waals surface area (Å²) in [6, 6.07) is 7.66. The summed E-state index contributed by atoms with van der Waals surface area (Å²) in [6.07, 6.45) is 2.50. The number of rotatable bonds is 4. The van der Waals surface area contributed by atoms with Gasteiger partial charge in [-0.2, -0.15) is 0 Å². The van der Waals surface area contributed by atoms with Gasteiger partial charge in [0.2, 0.25) is 11.8 Å². The number of nitrogens with one attached hydrogen (secondary N) is 1. The normalized spacial score (nSPS) is 19.6. The highest BCUT2D eigenvalue weighted by atomic mass is 16.2. The summed E-state index contributed by atoms with van der Waals surface area (Å²) in [4.78, 5) is 26.2. The monoisotopic (exact) mass is 288 g/mol. The van der Waals surface area contributed by atoms with Crippen molar-refractivity contribution >= 4 is 17.5 Å². The Morgan fingerprint density at radius 3 is 2.48 bits per heavy atom. The van der Waals surface area contributed by atoms with Crippen molar-refractivity contribution in [2.24, 2.45) is 5.92 Å². The van der Waals surface area contributed by atoms with Gasteiger partial charge in [0.15, 0.2) is 0 Å². The number of hydrogen-bond donors (Lipinski definition) is 1. The number of anilines is 1. The smallest absolute Gasteiger partial charge is 0.249 e. The van der Waals surface area contributed by atoms with Crippen LogP contribution in [0.25, 0.3) is 0 Å². The predicted molar refractivity (Wildman–Crippen MR) is 84.2 cm³/mol. The minimum absolute atomic E-state index is 0.0147. The zero-order valence-corrected chi connectivity index (χ0v) is 13.1. The fourth-order valence-electron chi connectivity index (χ4n) is 2.64. The van der Waals surface area contributed by atoms with Crippen LogP contribution in [0.2, 0.25) is 0 Å². The SMILES string of the molecule is CCCc1ccc(N2CCC(=O)NC(C(C)C)C2=O)cc1. The molecule has 0 radical (unpaired) electrons. The van der Waals surface area contributed by atoms with Gasteiger partial charge in [-0.1, -0.05) is 39.3 Å². The van der Waals surface area contributed by atoms with Gasteiger partial charge in [-0.3, -0.25) is 9.59 Å². The van der Waals surface area contributed by atoms with Crippen molar-refractivity contribution in [3.63, 3.8) is 0 Å². The maximum Gasteiger partial charge on any atom is 0.249 e. The predicted octanol–water partition coefficient (Wildman–Crippen LogP) is 2.52. The van der Waals surface area contributed by atoms with Gasteiger partial charge in [0.1, 0.15) is 6.04 Å². The summed E-state index contributed by atoms with van der Waals surface area (Å²) in [7, 11) is 0. The number of amides is 2. The van der Waals surface area contributed by atoms with Crippen LogP contribution in [0.4, 0.5) is 5.69 Å². The van der Waals surface area contributed by atoms with Gasteiger partial charge in [-0.25, -0.2) is 0 Å². The summed E-state index contributed by atoms with van der Waals surface area (Å²) in [5.74, 6) is 0.0210. The number of benzene rings is 1. The third-order valence-corrected chi connectivity index (χ3v) is 3.86. The van der Waals surface area contributed by atoms with E-state index in [9.17, 15) is 9.59 Å². The van der Waals surface area contributed by atoms with Crippen molar-refractivity contribution in [1.82, 2.24) is 5.32 Å². The Balaban J connectivity index is 2.23. The zero-order chi connectivity index (χ0) is 15.4. The lowest BCUT2D eigenvalue weighted by molar-refractivity contribution is -0.126. The molecule has 1 unspecified atom stereocenters. The van der Waals surface area contributed by atoms with E-state index in [0.717, 1.165) is 18.5 Å². The van der Waals surface area contributed by atoms with Crippen LogP contribution >= 0.6 is 0 Å². The number of aryl methyl sites for hydroxylation is 1. The molecule has 1 atom stereocenters. The van der Waals surface area contributed by atoms with Gasteiger partial charge in [-0.15, -0.1) is 0 Å². The van der Waals surface area contributed by atoms with Gasteiger partial charge in [0.25, 0.3) is 0 Å². The minimum atomic E-state index is -0.435. The number of carbonyl (C=O) groups is 2. The highest BCUT2D eigenvalue weighted by Crippen LogP contribution is 2.21. The Kier molecular flexibility index (Phi) is 4.99. The highest BCUT2D eigenvalue weighted by Gasteiger charge is 2.32. The first-order valence-electron chi connectivity index (χ1n) is 7.72. The molecule has 0 spiro atoms. The van der Waals surface area contributed by atoms with E-state index in [1.54, 1.807) is 4.90 Å². The lowest BCUT2D eigenvalue weighted by Gasteiger charge is -2.26. The van der Waals surface area contributed by atoms with Gasteiger partial charge in [0, 0.05) is 18.7 Å². The van der Waals surface area contributed by atoms with Crippen molar-refractivity contribution in [3.8, 4) is 0 Å². The van der Waals surface area contributed by atoms with E-state index in [0.29, 0.717) is 13.0 Å². The van der Waals surface area contributed by atoms with E-state index in [1.807, 2.05) is 26.0 Å². The molecule has 2 rings (SSSR count). The molecule has 1 aliphatic rings.